The minimum atomic E-state index is -4.72. The van der Waals surface area contributed by atoms with E-state index >= 15 is 0 Å². The maximum Gasteiger partial charge on any atom is 0.434 e. The van der Waals surface area contributed by atoms with Gasteiger partial charge in [0.1, 0.15) is 5.75 Å². The number of methoxy groups -OCH3 is 1. The van der Waals surface area contributed by atoms with Gasteiger partial charge in [-0.1, -0.05) is 30.3 Å². The van der Waals surface area contributed by atoms with Crippen molar-refractivity contribution in [3.05, 3.63) is 77.1 Å². The van der Waals surface area contributed by atoms with Gasteiger partial charge in [-0.25, -0.2) is 4.68 Å². The second-order valence-corrected chi connectivity index (χ2v) is 7.61. The number of carbonyl (C=O) groups is 1. The first-order chi connectivity index (χ1) is 14.8. The monoisotopic (exact) mass is 429 g/mol. The van der Waals surface area contributed by atoms with Crippen molar-refractivity contribution in [1.82, 2.24) is 14.7 Å². The Morgan fingerprint density at radius 3 is 2.48 bits per heavy atom. The molecule has 0 radical (unpaired) electrons. The molecule has 8 heteroatoms. The number of ether oxygens (including phenoxy) is 1. The molecule has 1 aromatic heterocycles. The molecule has 162 valence electrons. The van der Waals surface area contributed by atoms with Gasteiger partial charge in [0.15, 0.2) is 5.69 Å². The molecule has 2 aromatic carbocycles. The van der Waals surface area contributed by atoms with Crippen molar-refractivity contribution >= 4 is 5.91 Å². The Bertz CT molecular complexity index is 1090. The third-order valence-corrected chi connectivity index (χ3v) is 5.67. The maximum absolute atomic E-state index is 14.0. The second kappa shape index (κ2) is 8.09. The van der Waals surface area contributed by atoms with Crippen molar-refractivity contribution in [2.24, 2.45) is 0 Å². The maximum atomic E-state index is 14.0. The summed E-state index contributed by atoms with van der Waals surface area (Å²) in [6, 6.07) is 14.2. The molecule has 1 aliphatic heterocycles. The Kier molecular flexibility index (Phi) is 5.47. The Hall–Kier alpha value is -3.29. The number of aromatic nitrogens is 2. The van der Waals surface area contributed by atoms with Gasteiger partial charge < -0.3 is 9.64 Å². The summed E-state index contributed by atoms with van der Waals surface area (Å²) < 4.78 is 47.9. The zero-order chi connectivity index (χ0) is 22.2. The lowest BCUT2D eigenvalue weighted by Gasteiger charge is -2.19. The summed E-state index contributed by atoms with van der Waals surface area (Å²) in [5.74, 6) is 0.145. The highest BCUT2D eigenvalue weighted by Gasteiger charge is 2.42. The molecule has 1 fully saturated rings. The van der Waals surface area contributed by atoms with Gasteiger partial charge in [0, 0.05) is 19.0 Å². The number of para-hydroxylation sites is 1. The molecule has 1 amide bonds. The summed E-state index contributed by atoms with van der Waals surface area (Å²) in [5.41, 5.74) is 0.496. The first-order valence-electron chi connectivity index (χ1n) is 9.94. The highest BCUT2D eigenvalue weighted by atomic mass is 19.4. The van der Waals surface area contributed by atoms with Crippen LogP contribution in [0.15, 0.2) is 54.7 Å². The van der Waals surface area contributed by atoms with E-state index in [2.05, 4.69) is 5.10 Å². The van der Waals surface area contributed by atoms with Gasteiger partial charge in [0.25, 0.3) is 5.91 Å². The average Bonchev–Trinajstić information content (AvgIpc) is 3.41. The number of nitrogens with zero attached hydrogens (tertiary/aromatic N) is 3. The van der Waals surface area contributed by atoms with Crippen LogP contribution in [-0.4, -0.2) is 40.8 Å². The number of halogens is 3. The van der Waals surface area contributed by atoms with Crippen molar-refractivity contribution in [3.8, 4) is 11.4 Å². The molecule has 0 N–H and O–H groups in total. The van der Waals surface area contributed by atoms with E-state index in [4.69, 9.17) is 4.74 Å². The van der Waals surface area contributed by atoms with Gasteiger partial charge in [-0.05, 0) is 42.7 Å². The summed E-state index contributed by atoms with van der Waals surface area (Å²) in [7, 11) is 1.58. The SMILES string of the molecule is COc1ccc(C2CCN(C(=O)c3cnn(-c4ccccc4C)c3C(F)(F)F)C2)cc1. The summed E-state index contributed by atoms with van der Waals surface area (Å²) in [5, 5.41) is 3.94. The van der Waals surface area contributed by atoms with Crippen LogP contribution in [0.1, 0.15) is 39.5 Å². The van der Waals surface area contributed by atoms with Crippen molar-refractivity contribution in [3.63, 3.8) is 0 Å². The van der Waals surface area contributed by atoms with Crippen molar-refractivity contribution in [2.45, 2.75) is 25.4 Å². The normalized spacial score (nSPS) is 16.5. The fourth-order valence-electron chi connectivity index (χ4n) is 4.02. The Balaban J connectivity index is 1.62. The molecule has 0 aliphatic carbocycles. The summed E-state index contributed by atoms with van der Waals surface area (Å²) in [6.45, 7) is 2.46. The van der Waals surface area contributed by atoms with Crippen LogP contribution >= 0.6 is 0 Å². The number of hydrogen-bond acceptors (Lipinski definition) is 3. The first kappa shape index (κ1) is 21.0. The van der Waals surface area contributed by atoms with Gasteiger partial charge in [-0.15, -0.1) is 0 Å². The highest BCUT2D eigenvalue weighted by molar-refractivity contribution is 5.95. The van der Waals surface area contributed by atoms with Gasteiger partial charge in [0.05, 0.1) is 24.6 Å². The van der Waals surface area contributed by atoms with E-state index in [9.17, 15) is 18.0 Å². The molecule has 31 heavy (non-hydrogen) atoms. The Labute approximate surface area is 178 Å². The van der Waals surface area contributed by atoms with Gasteiger partial charge in [0.2, 0.25) is 0 Å². The number of benzene rings is 2. The van der Waals surface area contributed by atoms with E-state index in [0.29, 0.717) is 30.8 Å². The van der Waals surface area contributed by atoms with Crippen LogP contribution in [0.25, 0.3) is 5.69 Å². The third kappa shape index (κ3) is 4.02. The van der Waals surface area contributed by atoms with Crippen LogP contribution in [0.3, 0.4) is 0 Å². The number of likely N-dealkylation sites (tertiary alicyclic amines) is 1. The lowest BCUT2D eigenvalue weighted by Crippen LogP contribution is -2.30. The molecular formula is C23H22F3N3O2. The quantitative estimate of drug-likeness (QED) is 0.597. The van der Waals surface area contributed by atoms with Crippen LogP contribution in [0.2, 0.25) is 0 Å². The number of carbonyl (C=O) groups excluding carboxylic acids is 1. The van der Waals surface area contributed by atoms with E-state index in [0.717, 1.165) is 22.2 Å². The van der Waals surface area contributed by atoms with Crippen molar-refractivity contribution < 1.29 is 22.7 Å². The molecule has 2 heterocycles. The molecule has 5 nitrogen and oxygen atoms in total. The van der Waals surface area contributed by atoms with Crippen LogP contribution in [-0.2, 0) is 6.18 Å². The molecule has 1 unspecified atom stereocenters. The molecule has 1 atom stereocenters. The van der Waals surface area contributed by atoms with Gasteiger partial charge in [-0.3, -0.25) is 4.79 Å². The first-order valence-corrected chi connectivity index (χ1v) is 9.94. The smallest absolute Gasteiger partial charge is 0.434 e. The fraction of sp³-hybridized carbons (Fsp3) is 0.304. The third-order valence-electron chi connectivity index (χ3n) is 5.67. The number of aryl methyl sites for hydroxylation is 1. The molecule has 4 rings (SSSR count). The largest absolute Gasteiger partial charge is 0.497 e. The minimum absolute atomic E-state index is 0.0654. The number of amides is 1. The van der Waals surface area contributed by atoms with E-state index in [-0.39, 0.29) is 5.92 Å². The highest BCUT2D eigenvalue weighted by Crippen LogP contribution is 2.36. The topological polar surface area (TPSA) is 47.4 Å². The van der Waals surface area contributed by atoms with E-state index in [1.165, 1.54) is 4.90 Å². The molecule has 1 saturated heterocycles. The number of rotatable bonds is 4. The summed E-state index contributed by atoms with van der Waals surface area (Å²) in [4.78, 5) is 14.5. The molecule has 3 aromatic rings. The number of hydrogen-bond donors (Lipinski definition) is 0. The molecule has 0 saturated carbocycles. The molecule has 0 bridgehead atoms. The predicted molar refractivity (Wildman–Crippen MR) is 110 cm³/mol. The standard InChI is InChI=1S/C23H22F3N3O2/c1-15-5-3-4-6-20(15)29-21(23(24,25)26)19(13-27-29)22(30)28-12-11-17(14-28)16-7-9-18(31-2)10-8-16/h3-10,13,17H,11-12,14H2,1-2H3. The minimum Gasteiger partial charge on any atom is -0.497 e. The molecular weight excluding hydrogens is 407 g/mol. The Morgan fingerprint density at radius 2 is 1.84 bits per heavy atom. The van der Waals surface area contributed by atoms with Crippen molar-refractivity contribution in [1.29, 1.82) is 0 Å². The summed E-state index contributed by atoms with van der Waals surface area (Å²) >= 11 is 0. The lowest BCUT2D eigenvalue weighted by atomic mass is 9.98. The van der Waals surface area contributed by atoms with Gasteiger partial charge >= 0.3 is 6.18 Å². The predicted octanol–water partition coefficient (Wildman–Crippen LogP) is 4.84. The second-order valence-electron chi connectivity index (χ2n) is 7.61. The van der Waals surface area contributed by atoms with E-state index in [1.54, 1.807) is 38.3 Å². The number of alkyl halides is 3. The molecule has 1 aliphatic rings. The van der Waals surface area contributed by atoms with Crippen molar-refractivity contribution in [2.75, 3.05) is 20.2 Å². The van der Waals surface area contributed by atoms with E-state index in [1.807, 2.05) is 24.3 Å². The Morgan fingerprint density at radius 1 is 1.13 bits per heavy atom. The fourth-order valence-corrected chi connectivity index (χ4v) is 4.02. The molecule has 0 spiro atoms. The van der Waals surface area contributed by atoms with Crippen LogP contribution in [0.4, 0.5) is 13.2 Å². The van der Waals surface area contributed by atoms with Gasteiger partial charge in [-0.2, -0.15) is 18.3 Å². The lowest BCUT2D eigenvalue weighted by molar-refractivity contribution is -0.143. The average molecular weight is 429 g/mol. The zero-order valence-electron chi connectivity index (χ0n) is 17.2. The zero-order valence-corrected chi connectivity index (χ0v) is 17.2. The van der Waals surface area contributed by atoms with E-state index < -0.39 is 23.3 Å². The summed E-state index contributed by atoms with van der Waals surface area (Å²) in [6.07, 6.45) is -3.01. The van der Waals surface area contributed by atoms with Crippen LogP contribution in [0, 0.1) is 6.92 Å². The van der Waals surface area contributed by atoms with Crippen LogP contribution in [0.5, 0.6) is 5.75 Å². The van der Waals surface area contributed by atoms with Crippen LogP contribution < -0.4 is 4.74 Å².